The smallest absolute Gasteiger partial charge is 0.232 e. The molecule has 0 aliphatic carbocycles. The fourth-order valence-electron chi connectivity index (χ4n) is 1.67. The van der Waals surface area contributed by atoms with Crippen molar-refractivity contribution in [1.82, 2.24) is 20.4 Å². The minimum atomic E-state index is -0.0694. The molecule has 0 fully saturated rings. The zero-order chi connectivity index (χ0) is 16.1. The fourth-order valence-corrected chi connectivity index (χ4v) is 2.38. The third kappa shape index (κ3) is 4.60. The maximum atomic E-state index is 11.6. The summed E-state index contributed by atoms with van der Waals surface area (Å²) >= 11 is 1.39. The molecule has 7 nitrogen and oxygen atoms in total. The maximum Gasteiger partial charge on any atom is 0.232 e. The third-order valence-electron chi connectivity index (χ3n) is 3.13. The van der Waals surface area contributed by atoms with Crippen LogP contribution in [0, 0.1) is 5.92 Å². The van der Waals surface area contributed by atoms with Crippen molar-refractivity contribution in [2.24, 2.45) is 5.92 Å². The average Bonchev–Trinajstić information content (AvgIpc) is 3.09. The molecule has 2 heterocycles. The van der Waals surface area contributed by atoms with E-state index < -0.39 is 0 Å². The Bertz CT molecular complexity index is 622. The summed E-state index contributed by atoms with van der Waals surface area (Å²) in [5.41, 5.74) is 0.806. The molecule has 0 aliphatic rings. The van der Waals surface area contributed by atoms with E-state index in [2.05, 4.69) is 32.7 Å². The quantitative estimate of drug-likeness (QED) is 0.808. The number of hydrogen-bond donors (Lipinski definition) is 2. The van der Waals surface area contributed by atoms with Crippen molar-refractivity contribution in [2.45, 2.75) is 39.7 Å². The number of aromatic nitrogens is 3. The third-order valence-corrected chi connectivity index (χ3v) is 3.94. The minimum absolute atomic E-state index is 0.0398. The SMILES string of the molecule is CNC(C)Cc1noc(Cc2csc(NC(=O)C(C)C)n2)n1. The van der Waals surface area contributed by atoms with Crippen molar-refractivity contribution in [2.75, 3.05) is 12.4 Å². The molecule has 0 saturated heterocycles. The molecule has 0 aliphatic heterocycles. The van der Waals surface area contributed by atoms with Crippen LogP contribution in [0.5, 0.6) is 0 Å². The van der Waals surface area contributed by atoms with E-state index in [0.29, 0.717) is 35.7 Å². The highest BCUT2D eigenvalue weighted by atomic mass is 32.1. The number of nitrogens with zero attached hydrogens (tertiary/aromatic N) is 3. The van der Waals surface area contributed by atoms with Crippen molar-refractivity contribution in [1.29, 1.82) is 0 Å². The summed E-state index contributed by atoms with van der Waals surface area (Å²) in [5.74, 6) is 1.10. The van der Waals surface area contributed by atoms with E-state index in [9.17, 15) is 4.79 Å². The predicted octanol–water partition coefficient (Wildman–Crippen LogP) is 1.86. The molecule has 2 aromatic rings. The Labute approximate surface area is 133 Å². The molecule has 1 amide bonds. The molecule has 8 heteroatoms. The van der Waals surface area contributed by atoms with E-state index in [1.165, 1.54) is 11.3 Å². The largest absolute Gasteiger partial charge is 0.339 e. The zero-order valence-corrected chi connectivity index (χ0v) is 14.0. The number of nitrogens with one attached hydrogen (secondary N) is 2. The van der Waals surface area contributed by atoms with E-state index in [0.717, 1.165) is 5.69 Å². The molecule has 2 rings (SSSR count). The monoisotopic (exact) mass is 323 g/mol. The number of thiazole rings is 1. The minimum Gasteiger partial charge on any atom is -0.339 e. The lowest BCUT2D eigenvalue weighted by molar-refractivity contribution is -0.118. The maximum absolute atomic E-state index is 11.6. The fraction of sp³-hybridized carbons (Fsp3) is 0.571. The van der Waals surface area contributed by atoms with Gasteiger partial charge in [0.1, 0.15) is 0 Å². The van der Waals surface area contributed by atoms with Crippen molar-refractivity contribution in [3.63, 3.8) is 0 Å². The number of likely N-dealkylation sites (N-methyl/N-ethyl adjacent to an activating group) is 1. The summed E-state index contributed by atoms with van der Waals surface area (Å²) in [6.45, 7) is 5.74. The second-order valence-corrected chi connectivity index (χ2v) is 6.32. The summed E-state index contributed by atoms with van der Waals surface area (Å²) in [4.78, 5) is 20.3. The lowest BCUT2D eigenvalue weighted by Gasteiger charge is -2.04. The van der Waals surface area contributed by atoms with Gasteiger partial charge in [0.25, 0.3) is 0 Å². The van der Waals surface area contributed by atoms with Gasteiger partial charge in [-0.2, -0.15) is 4.98 Å². The van der Waals surface area contributed by atoms with E-state index in [-0.39, 0.29) is 11.8 Å². The van der Waals surface area contributed by atoms with Crippen LogP contribution in [0.3, 0.4) is 0 Å². The second-order valence-electron chi connectivity index (χ2n) is 5.46. The first-order chi connectivity index (χ1) is 10.5. The highest BCUT2D eigenvalue weighted by Crippen LogP contribution is 2.18. The van der Waals surface area contributed by atoms with Gasteiger partial charge in [-0.1, -0.05) is 19.0 Å². The number of rotatable bonds is 7. The molecule has 120 valence electrons. The summed E-state index contributed by atoms with van der Waals surface area (Å²) in [5, 5.41) is 12.3. The summed E-state index contributed by atoms with van der Waals surface area (Å²) in [7, 11) is 1.90. The molecule has 1 atom stereocenters. The summed E-state index contributed by atoms with van der Waals surface area (Å²) in [6.07, 6.45) is 1.18. The Morgan fingerprint density at radius 3 is 2.82 bits per heavy atom. The van der Waals surface area contributed by atoms with Crippen LogP contribution in [0.1, 0.15) is 38.2 Å². The summed E-state index contributed by atoms with van der Waals surface area (Å²) in [6, 6.07) is 0.294. The number of carbonyl (C=O) groups is 1. The number of hydrogen-bond acceptors (Lipinski definition) is 7. The predicted molar refractivity (Wildman–Crippen MR) is 84.9 cm³/mol. The molecule has 2 N–H and O–H groups in total. The van der Waals surface area contributed by atoms with Crippen LogP contribution in [0.2, 0.25) is 0 Å². The normalized spacial score (nSPS) is 12.6. The number of anilines is 1. The van der Waals surface area contributed by atoms with Gasteiger partial charge in [-0.25, -0.2) is 4.98 Å². The van der Waals surface area contributed by atoms with Crippen molar-refractivity contribution >= 4 is 22.4 Å². The molecule has 0 aromatic carbocycles. The van der Waals surface area contributed by atoms with Gasteiger partial charge in [0.15, 0.2) is 11.0 Å². The molecule has 0 radical (unpaired) electrons. The van der Waals surface area contributed by atoms with Crippen molar-refractivity contribution < 1.29 is 9.32 Å². The van der Waals surface area contributed by atoms with Gasteiger partial charge < -0.3 is 15.2 Å². The molecule has 2 aromatic heterocycles. The molecule has 1 unspecified atom stereocenters. The zero-order valence-electron chi connectivity index (χ0n) is 13.2. The van der Waals surface area contributed by atoms with Gasteiger partial charge >= 0.3 is 0 Å². The Balaban J connectivity index is 1.94. The molecule has 22 heavy (non-hydrogen) atoms. The topological polar surface area (TPSA) is 92.9 Å². The first-order valence-corrected chi connectivity index (χ1v) is 8.10. The van der Waals surface area contributed by atoms with Crippen LogP contribution < -0.4 is 10.6 Å². The van der Waals surface area contributed by atoms with Gasteiger partial charge in [-0.05, 0) is 14.0 Å². The van der Waals surface area contributed by atoms with Gasteiger partial charge in [-0.15, -0.1) is 11.3 Å². The van der Waals surface area contributed by atoms with E-state index in [4.69, 9.17) is 4.52 Å². The number of amides is 1. The lowest BCUT2D eigenvalue weighted by atomic mass is 10.2. The van der Waals surface area contributed by atoms with E-state index >= 15 is 0 Å². The average molecular weight is 323 g/mol. The molecule has 0 spiro atoms. The molecular formula is C14H21N5O2S. The van der Waals surface area contributed by atoms with E-state index in [1.807, 2.05) is 26.3 Å². The highest BCUT2D eigenvalue weighted by molar-refractivity contribution is 7.13. The van der Waals surface area contributed by atoms with Gasteiger partial charge in [0.2, 0.25) is 11.8 Å². The Kier molecular flexibility index (Phi) is 5.62. The Morgan fingerprint density at radius 1 is 1.36 bits per heavy atom. The molecule has 0 saturated carbocycles. The lowest BCUT2D eigenvalue weighted by Crippen LogP contribution is -2.24. The first-order valence-electron chi connectivity index (χ1n) is 7.22. The Hall–Kier alpha value is -1.80. The molecular weight excluding hydrogens is 302 g/mol. The van der Waals surface area contributed by atoms with Crippen LogP contribution in [0.4, 0.5) is 5.13 Å². The van der Waals surface area contributed by atoms with Crippen LogP contribution in [-0.4, -0.2) is 34.1 Å². The number of carbonyl (C=O) groups excluding carboxylic acids is 1. The first kappa shape index (κ1) is 16.6. The van der Waals surface area contributed by atoms with Crippen LogP contribution in [0.15, 0.2) is 9.90 Å². The summed E-state index contributed by atoms with van der Waals surface area (Å²) < 4.78 is 5.23. The van der Waals surface area contributed by atoms with Gasteiger partial charge in [-0.3, -0.25) is 4.79 Å². The Morgan fingerprint density at radius 2 is 2.14 bits per heavy atom. The van der Waals surface area contributed by atoms with Gasteiger partial charge in [0, 0.05) is 23.8 Å². The van der Waals surface area contributed by atoms with Crippen molar-refractivity contribution in [3.8, 4) is 0 Å². The highest BCUT2D eigenvalue weighted by Gasteiger charge is 2.13. The van der Waals surface area contributed by atoms with Crippen LogP contribution in [-0.2, 0) is 17.6 Å². The van der Waals surface area contributed by atoms with E-state index in [1.54, 1.807) is 0 Å². The van der Waals surface area contributed by atoms with Gasteiger partial charge in [0.05, 0.1) is 12.1 Å². The second kappa shape index (κ2) is 7.46. The van der Waals surface area contributed by atoms with Crippen molar-refractivity contribution in [3.05, 3.63) is 22.8 Å². The van der Waals surface area contributed by atoms with Crippen LogP contribution in [0.25, 0.3) is 0 Å². The van der Waals surface area contributed by atoms with Crippen LogP contribution >= 0.6 is 11.3 Å². The standard InChI is InChI=1S/C14H21N5O2S/c1-8(2)13(20)18-14-16-10(7-22-14)6-12-17-11(19-21-12)5-9(3)15-4/h7-9,15H,5-6H2,1-4H3,(H,16,18,20). The molecule has 0 bridgehead atoms.